The number of carbonyl (C=O) groups is 1. The van der Waals surface area contributed by atoms with E-state index in [-0.39, 0.29) is 20.6 Å². The molecule has 0 bridgehead atoms. The average Bonchev–Trinajstić information content (AvgIpc) is 2.53. The third-order valence-electron chi connectivity index (χ3n) is 3.07. The fourth-order valence-electron chi connectivity index (χ4n) is 1.82. The molecule has 0 saturated heterocycles. The molecule has 2 rings (SSSR count). The van der Waals surface area contributed by atoms with Crippen LogP contribution in [0.25, 0.3) is 0 Å². The summed E-state index contributed by atoms with van der Waals surface area (Å²) in [4.78, 5) is 15.8. The number of hydrogen-bond acceptors (Lipinski definition) is 5. The number of hydrogen-bond donors (Lipinski definition) is 2. The van der Waals surface area contributed by atoms with E-state index < -0.39 is 22.5 Å². The molecule has 3 N–H and O–H groups in total. The summed E-state index contributed by atoms with van der Waals surface area (Å²) in [6.45, 7) is -0.392. The lowest BCUT2D eigenvalue weighted by atomic mass is 10.3. The molecule has 0 aliphatic rings. The molecule has 2 aromatic rings. The molecular weight excluding hydrogens is 375 g/mol. The van der Waals surface area contributed by atoms with E-state index in [4.69, 9.17) is 28.9 Å². The average molecular weight is 389 g/mol. The first kappa shape index (κ1) is 18.5. The largest absolute Gasteiger partial charge is 0.396 e. The van der Waals surface area contributed by atoms with Crippen LogP contribution in [0.3, 0.4) is 0 Å². The summed E-state index contributed by atoms with van der Waals surface area (Å²) < 4.78 is 25.6. The van der Waals surface area contributed by atoms with Gasteiger partial charge in [0.1, 0.15) is 4.90 Å². The molecule has 0 fully saturated rings. The Balaban J connectivity index is 2.10. The number of rotatable bonds is 5. The zero-order valence-corrected chi connectivity index (χ0v) is 14.9. The number of aromatic nitrogens is 1. The van der Waals surface area contributed by atoms with Crippen LogP contribution in [-0.2, 0) is 14.8 Å². The first-order chi connectivity index (χ1) is 11.2. The molecular formula is C14H14Cl2N4O3S. The Labute approximate surface area is 149 Å². The molecule has 0 unspecified atom stereocenters. The normalized spacial score (nSPS) is 11.5. The molecule has 1 aromatic carbocycles. The van der Waals surface area contributed by atoms with E-state index in [1.165, 1.54) is 43.7 Å². The van der Waals surface area contributed by atoms with Gasteiger partial charge in [0.05, 0.1) is 22.3 Å². The number of likely N-dealkylation sites (N-methyl/N-ethyl adjacent to an activating group) is 1. The molecule has 1 heterocycles. The number of anilines is 2. The molecule has 7 nitrogen and oxygen atoms in total. The Hall–Kier alpha value is -1.87. The maximum absolute atomic E-state index is 12.3. The van der Waals surface area contributed by atoms with E-state index in [0.29, 0.717) is 5.69 Å². The molecule has 1 aromatic heterocycles. The van der Waals surface area contributed by atoms with Crippen LogP contribution in [0.15, 0.2) is 41.6 Å². The Morgan fingerprint density at radius 2 is 1.96 bits per heavy atom. The van der Waals surface area contributed by atoms with E-state index in [2.05, 4.69) is 10.3 Å². The Morgan fingerprint density at radius 1 is 1.33 bits per heavy atom. The zero-order valence-electron chi connectivity index (χ0n) is 12.5. The van der Waals surface area contributed by atoms with Gasteiger partial charge in [0, 0.05) is 25.1 Å². The summed E-state index contributed by atoms with van der Waals surface area (Å²) >= 11 is 11.8. The smallest absolute Gasteiger partial charge is 0.244 e. The summed E-state index contributed by atoms with van der Waals surface area (Å²) in [6.07, 6.45) is 2.67. The van der Waals surface area contributed by atoms with Gasteiger partial charge >= 0.3 is 0 Å². The number of nitrogens with zero attached hydrogens (tertiary/aromatic N) is 2. The molecule has 24 heavy (non-hydrogen) atoms. The molecule has 0 spiro atoms. The number of benzene rings is 1. The number of carbonyl (C=O) groups excluding carboxylic acids is 1. The highest BCUT2D eigenvalue weighted by molar-refractivity contribution is 7.89. The lowest BCUT2D eigenvalue weighted by Crippen LogP contribution is -2.35. The van der Waals surface area contributed by atoms with Crippen molar-refractivity contribution in [3.8, 4) is 0 Å². The number of nitrogens with one attached hydrogen (secondary N) is 1. The molecule has 128 valence electrons. The molecule has 0 saturated carbocycles. The maximum atomic E-state index is 12.3. The van der Waals surface area contributed by atoms with Gasteiger partial charge in [0.15, 0.2) is 0 Å². The Morgan fingerprint density at radius 3 is 2.50 bits per heavy atom. The topological polar surface area (TPSA) is 105 Å². The van der Waals surface area contributed by atoms with Crippen molar-refractivity contribution in [3.63, 3.8) is 0 Å². The number of nitrogens with two attached hydrogens (primary N) is 1. The third kappa shape index (κ3) is 4.15. The quantitative estimate of drug-likeness (QED) is 0.763. The van der Waals surface area contributed by atoms with Crippen molar-refractivity contribution in [3.05, 3.63) is 46.7 Å². The van der Waals surface area contributed by atoms with Crippen LogP contribution in [0.4, 0.5) is 11.4 Å². The minimum absolute atomic E-state index is 0.00104. The van der Waals surface area contributed by atoms with Crippen LogP contribution in [0.5, 0.6) is 0 Å². The monoisotopic (exact) mass is 388 g/mol. The Bertz CT molecular complexity index is 837. The summed E-state index contributed by atoms with van der Waals surface area (Å²) in [6, 6.07) is 5.75. The van der Waals surface area contributed by atoms with Crippen molar-refractivity contribution in [2.24, 2.45) is 0 Å². The lowest BCUT2D eigenvalue weighted by molar-refractivity contribution is -0.116. The second-order valence-corrected chi connectivity index (χ2v) is 7.71. The van der Waals surface area contributed by atoms with Gasteiger partial charge in [0.2, 0.25) is 15.9 Å². The summed E-state index contributed by atoms with van der Waals surface area (Å²) in [5.41, 5.74) is 6.13. The second-order valence-electron chi connectivity index (χ2n) is 4.85. The molecule has 0 aliphatic heterocycles. The summed E-state index contributed by atoms with van der Waals surface area (Å²) in [5.74, 6) is -0.554. The number of amides is 1. The van der Waals surface area contributed by atoms with Gasteiger partial charge in [-0.2, -0.15) is 4.31 Å². The highest BCUT2D eigenvalue weighted by Gasteiger charge is 2.23. The van der Waals surface area contributed by atoms with Crippen molar-refractivity contribution in [2.75, 3.05) is 24.6 Å². The third-order valence-corrected chi connectivity index (χ3v) is 5.48. The number of pyridine rings is 1. The van der Waals surface area contributed by atoms with Crippen molar-refractivity contribution in [1.29, 1.82) is 0 Å². The first-order valence-corrected chi connectivity index (χ1v) is 8.82. The number of halogens is 2. The van der Waals surface area contributed by atoms with Gasteiger partial charge < -0.3 is 11.1 Å². The second kappa shape index (κ2) is 7.35. The van der Waals surface area contributed by atoms with Crippen molar-refractivity contribution < 1.29 is 13.2 Å². The van der Waals surface area contributed by atoms with Crippen LogP contribution in [-0.4, -0.2) is 37.2 Å². The van der Waals surface area contributed by atoms with Gasteiger partial charge in [-0.05, 0) is 24.3 Å². The minimum Gasteiger partial charge on any atom is -0.396 e. The minimum atomic E-state index is -3.81. The van der Waals surface area contributed by atoms with Gasteiger partial charge in [-0.1, -0.05) is 23.2 Å². The van der Waals surface area contributed by atoms with Crippen LogP contribution in [0.2, 0.25) is 10.0 Å². The van der Waals surface area contributed by atoms with Crippen molar-refractivity contribution >= 4 is 50.5 Å². The van der Waals surface area contributed by atoms with E-state index in [9.17, 15) is 13.2 Å². The zero-order chi connectivity index (χ0) is 17.9. The van der Waals surface area contributed by atoms with E-state index in [1.54, 1.807) is 0 Å². The van der Waals surface area contributed by atoms with Crippen molar-refractivity contribution in [1.82, 2.24) is 9.29 Å². The summed E-state index contributed by atoms with van der Waals surface area (Å²) in [7, 11) is -2.52. The molecule has 10 heteroatoms. The molecule has 0 atom stereocenters. The van der Waals surface area contributed by atoms with Gasteiger partial charge in [-0.3, -0.25) is 9.78 Å². The molecule has 0 aliphatic carbocycles. The SMILES string of the molecule is CN(CC(=O)Nc1cc(Cl)c(N)c(Cl)c1)S(=O)(=O)c1cccnc1. The predicted molar refractivity (Wildman–Crippen MR) is 93.6 cm³/mol. The van der Waals surface area contributed by atoms with E-state index >= 15 is 0 Å². The van der Waals surface area contributed by atoms with Crippen LogP contribution >= 0.6 is 23.2 Å². The highest BCUT2D eigenvalue weighted by Crippen LogP contribution is 2.31. The summed E-state index contributed by atoms with van der Waals surface area (Å²) in [5, 5.41) is 2.90. The van der Waals surface area contributed by atoms with Gasteiger partial charge in [0.25, 0.3) is 0 Å². The van der Waals surface area contributed by atoms with E-state index in [1.807, 2.05) is 0 Å². The fourth-order valence-corrected chi connectivity index (χ4v) is 3.40. The standard InChI is InChI=1S/C14H14Cl2N4O3S/c1-20(24(22,23)10-3-2-4-18-7-10)8-13(21)19-9-5-11(15)14(17)12(16)6-9/h2-7H,8,17H2,1H3,(H,19,21). The molecule has 1 amide bonds. The van der Waals surface area contributed by atoms with Gasteiger partial charge in [-0.15, -0.1) is 0 Å². The van der Waals surface area contributed by atoms with E-state index in [0.717, 1.165) is 4.31 Å². The fraction of sp³-hybridized carbons (Fsp3) is 0.143. The first-order valence-electron chi connectivity index (χ1n) is 6.62. The van der Waals surface area contributed by atoms with Crippen molar-refractivity contribution in [2.45, 2.75) is 4.90 Å². The van der Waals surface area contributed by atoms with Crippen LogP contribution in [0.1, 0.15) is 0 Å². The predicted octanol–water partition coefficient (Wildman–Crippen LogP) is 2.23. The van der Waals surface area contributed by atoms with Crippen LogP contribution in [0, 0.1) is 0 Å². The van der Waals surface area contributed by atoms with Crippen LogP contribution < -0.4 is 11.1 Å². The maximum Gasteiger partial charge on any atom is 0.244 e. The molecule has 0 radical (unpaired) electrons. The highest BCUT2D eigenvalue weighted by atomic mass is 35.5. The Kier molecular flexibility index (Phi) is 5.66. The van der Waals surface area contributed by atoms with Gasteiger partial charge in [-0.25, -0.2) is 8.42 Å². The number of sulfonamides is 1. The number of nitrogen functional groups attached to an aromatic ring is 1. The lowest BCUT2D eigenvalue weighted by Gasteiger charge is -2.17.